The van der Waals surface area contributed by atoms with Crippen molar-refractivity contribution < 1.29 is 9.26 Å². The molecule has 2 rings (SSSR count). The number of ether oxygens (including phenoxy) is 1. The molecule has 0 unspecified atom stereocenters. The van der Waals surface area contributed by atoms with E-state index < -0.39 is 0 Å². The van der Waals surface area contributed by atoms with E-state index in [0.717, 1.165) is 5.69 Å². The summed E-state index contributed by atoms with van der Waals surface area (Å²) in [5.74, 6) is 1.77. The van der Waals surface area contributed by atoms with Crippen LogP contribution >= 0.6 is 0 Å². The minimum Gasteiger partial charge on any atom is -0.475 e. The quantitative estimate of drug-likeness (QED) is 0.847. The smallest absolute Gasteiger partial charge is 0.226 e. The van der Waals surface area contributed by atoms with Crippen LogP contribution in [-0.4, -0.2) is 32.8 Å². The van der Waals surface area contributed by atoms with Crippen molar-refractivity contribution in [3.8, 4) is 5.88 Å². The van der Waals surface area contributed by atoms with Gasteiger partial charge in [-0.3, -0.25) is 0 Å². The molecule has 2 heterocycles. The summed E-state index contributed by atoms with van der Waals surface area (Å²) in [6.07, 6.45) is 2.04. The number of nitrogens with zero attached hydrogens (tertiary/aromatic N) is 4. The van der Waals surface area contributed by atoms with Gasteiger partial charge in [-0.05, 0) is 20.8 Å². The molecule has 7 nitrogen and oxygen atoms in total. The molecule has 0 amide bonds. The number of rotatable bonds is 6. The lowest BCUT2D eigenvalue weighted by Crippen LogP contribution is -2.12. The Morgan fingerprint density at radius 1 is 1.37 bits per heavy atom. The third-order valence-electron chi connectivity index (χ3n) is 2.23. The van der Waals surface area contributed by atoms with Gasteiger partial charge in [0, 0.05) is 24.7 Å². The fraction of sp³-hybridized carbons (Fsp3) is 0.500. The monoisotopic (exact) mass is 263 g/mol. The van der Waals surface area contributed by atoms with E-state index in [4.69, 9.17) is 4.74 Å². The summed E-state index contributed by atoms with van der Waals surface area (Å²) in [6.45, 7) is 6.45. The first-order valence-corrected chi connectivity index (χ1v) is 6.15. The number of hydrogen-bond acceptors (Lipinski definition) is 7. The van der Waals surface area contributed by atoms with E-state index in [1.807, 2.05) is 26.8 Å². The fourth-order valence-electron chi connectivity index (χ4n) is 1.51. The van der Waals surface area contributed by atoms with Gasteiger partial charge in [0.2, 0.25) is 18.2 Å². The molecular weight excluding hydrogens is 246 g/mol. The lowest BCUT2D eigenvalue weighted by molar-refractivity contribution is 0.232. The fourth-order valence-corrected chi connectivity index (χ4v) is 1.51. The van der Waals surface area contributed by atoms with Crippen molar-refractivity contribution in [1.82, 2.24) is 20.1 Å². The Morgan fingerprint density at radius 3 is 2.89 bits per heavy atom. The molecule has 0 saturated heterocycles. The van der Waals surface area contributed by atoms with E-state index in [9.17, 15) is 0 Å². The molecule has 2 aromatic rings. The minimum atomic E-state index is 0.0847. The van der Waals surface area contributed by atoms with Gasteiger partial charge in [-0.15, -0.1) is 0 Å². The first-order valence-electron chi connectivity index (χ1n) is 6.15. The number of nitrogens with one attached hydrogen (secondary N) is 1. The second kappa shape index (κ2) is 6.12. The summed E-state index contributed by atoms with van der Waals surface area (Å²) in [5.41, 5.74) is 0.854. The molecule has 0 aromatic carbocycles. The lowest BCUT2D eigenvalue weighted by Gasteiger charge is -2.11. The van der Waals surface area contributed by atoms with Crippen LogP contribution in [0.2, 0.25) is 0 Å². The summed E-state index contributed by atoms with van der Waals surface area (Å²) in [5, 5.41) is 6.84. The second-order valence-corrected chi connectivity index (χ2v) is 4.36. The van der Waals surface area contributed by atoms with E-state index in [-0.39, 0.29) is 6.10 Å². The van der Waals surface area contributed by atoms with Gasteiger partial charge in [0.05, 0.1) is 6.10 Å². The second-order valence-electron chi connectivity index (χ2n) is 4.36. The molecule has 2 aromatic heterocycles. The van der Waals surface area contributed by atoms with Crippen molar-refractivity contribution >= 4 is 5.95 Å². The SMILES string of the molecule is Cc1cc(OC(C)C)nc(NCCc2ncon2)n1. The Labute approximate surface area is 111 Å². The van der Waals surface area contributed by atoms with Crippen LogP contribution in [-0.2, 0) is 6.42 Å². The normalized spacial score (nSPS) is 10.7. The predicted octanol–water partition coefficient (Wildman–Crippen LogP) is 1.61. The largest absolute Gasteiger partial charge is 0.475 e. The van der Waals surface area contributed by atoms with Crippen LogP contribution in [0, 0.1) is 6.92 Å². The number of hydrogen-bond donors (Lipinski definition) is 1. The van der Waals surface area contributed by atoms with E-state index >= 15 is 0 Å². The molecule has 0 saturated carbocycles. The van der Waals surface area contributed by atoms with Crippen molar-refractivity contribution in [2.45, 2.75) is 33.3 Å². The molecule has 0 fully saturated rings. The molecule has 1 N–H and O–H groups in total. The number of aryl methyl sites for hydroxylation is 1. The van der Waals surface area contributed by atoms with Crippen LogP contribution in [0.15, 0.2) is 17.0 Å². The van der Waals surface area contributed by atoms with E-state index in [0.29, 0.717) is 30.6 Å². The van der Waals surface area contributed by atoms with Gasteiger partial charge in [0.1, 0.15) is 0 Å². The van der Waals surface area contributed by atoms with Gasteiger partial charge in [-0.2, -0.15) is 9.97 Å². The lowest BCUT2D eigenvalue weighted by atomic mass is 10.4. The Bertz CT molecular complexity index is 513. The van der Waals surface area contributed by atoms with Gasteiger partial charge in [0.15, 0.2) is 5.82 Å². The van der Waals surface area contributed by atoms with Gasteiger partial charge in [-0.25, -0.2) is 4.98 Å². The van der Waals surface area contributed by atoms with Gasteiger partial charge >= 0.3 is 0 Å². The van der Waals surface area contributed by atoms with Crippen LogP contribution in [0.3, 0.4) is 0 Å². The van der Waals surface area contributed by atoms with E-state index in [1.165, 1.54) is 6.39 Å². The van der Waals surface area contributed by atoms with Crippen LogP contribution in [0.4, 0.5) is 5.95 Å². The summed E-state index contributed by atoms with van der Waals surface area (Å²) in [7, 11) is 0. The zero-order chi connectivity index (χ0) is 13.7. The average molecular weight is 263 g/mol. The third-order valence-corrected chi connectivity index (χ3v) is 2.23. The van der Waals surface area contributed by atoms with Crippen molar-refractivity contribution in [3.05, 3.63) is 24.0 Å². The van der Waals surface area contributed by atoms with Crippen molar-refractivity contribution in [1.29, 1.82) is 0 Å². The Morgan fingerprint density at radius 2 is 2.21 bits per heavy atom. The highest BCUT2D eigenvalue weighted by molar-refractivity contribution is 5.30. The van der Waals surface area contributed by atoms with E-state index in [1.54, 1.807) is 0 Å². The maximum atomic E-state index is 5.56. The summed E-state index contributed by atoms with van der Waals surface area (Å²) in [6, 6.07) is 1.81. The molecular formula is C12H17N5O2. The maximum Gasteiger partial charge on any atom is 0.226 e. The topological polar surface area (TPSA) is 86.0 Å². The molecule has 0 bridgehead atoms. The highest BCUT2D eigenvalue weighted by atomic mass is 16.5. The molecule has 0 aliphatic carbocycles. The summed E-state index contributed by atoms with van der Waals surface area (Å²) < 4.78 is 10.2. The molecule has 0 aliphatic heterocycles. The number of aromatic nitrogens is 4. The van der Waals surface area contributed by atoms with Crippen LogP contribution in [0.25, 0.3) is 0 Å². The van der Waals surface area contributed by atoms with Gasteiger partial charge in [0.25, 0.3) is 0 Å². The van der Waals surface area contributed by atoms with Gasteiger partial charge in [-0.1, -0.05) is 5.16 Å². The molecule has 0 radical (unpaired) electrons. The zero-order valence-corrected chi connectivity index (χ0v) is 11.3. The molecule has 102 valence electrons. The Kier molecular flexibility index (Phi) is 4.27. The Hall–Kier alpha value is -2.18. The summed E-state index contributed by atoms with van der Waals surface area (Å²) >= 11 is 0. The molecule has 7 heteroatoms. The average Bonchev–Trinajstić information content (AvgIpc) is 2.80. The predicted molar refractivity (Wildman–Crippen MR) is 69.0 cm³/mol. The van der Waals surface area contributed by atoms with Gasteiger partial charge < -0.3 is 14.6 Å². The zero-order valence-electron chi connectivity index (χ0n) is 11.3. The van der Waals surface area contributed by atoms with Crippen LogP contribution in [0.1, 0.15) is 25.4 Å². The van der Waals surface area contributed by atoms with Crippen LogP contribution in [0.5, 0.6) is 5.88 Å². The molecule has 19 heavy (non-hydrogen) atoms. The Balaban J connectivity index is 1.93. The van der Waals surface area contributed by atoms with Crippen molar-refractivity contribution in [2.75, 3.05) is 11.9 Å². The first kappa shape index (κ1) is 13.3. The van der Waals surface area contributed by atoms with E-state index in [2.05, 4.69) is 29.9 Å². The van der Waals surface area contributed by atoms with Crippen molar-refractivity contribution in [2.24, 2.45) is 0 Å². The minimum absolute atomic E-state index is 0.0847. The highest BCUT2D eigenvalue weighted by Gasteiger charge is 2.05. The maximum absolute atomic E-state index is 5.56. The van der Waals surface area contributed by atoms with Crippen LogP contribution < -0.4 is 10.1 Å². The van der Waals surface area contributed by atoms with Crippen molar-refractivity contribution in [3.63, 3.8) is 0 Å². The summed E-state index contributed by atoms with van der Waals surface area (Å²) in [4.78, 5) is 12.5. The first-order chi connectivity index (χ1) is 9.13. The molecule has 0 atom stereocenters. The molecule has 0 spiro atoms. The highest BCUT2D eigenvalue weighted by Crippen LogP contribution is 2.13. The standard InChI is InChI=1S/C12H17N5O2/c1-8(2)19-11-6-9(3)15-12(16-11)13-5-4-10-14-7-18-17-10/h6-8H,4-5H2,1-3H3,(H,13,15,16). The number of anilines is 1. The third kappa shape index (κ3) is 4.20. The molecule has 0 aliphatic rings.